The fraction of sp³-hybridized carbons (Fsp3) is 0.214. The maximum absolute atomic E-state index is 12.3. The zero-order chi connectivity index (χ0) is 16.3. The largest absolute Gasteiger partial charge is 0.497 e. The van der Waals surface area contributed by atoms with Crippen molar-refractivity contribution in [2.75, 3.05) is 13.7 Å². The summed E-state index contributed by atoms with van der Waals surface area (Å²) < 4.78 is 5.22. The summed E-state index contributed by atoms with van der Waals surface area (Å²) in [6.07, 6.45) is 1.61. The van der Waals surface area contributed by atoms with Crippen LogP contribution in [0, 0.1) is 0 Å². The average Bonchev–Trinajstić information content (AvgIpc) is 2.76. The van der Waals surface area contributed by atoms with Crippen LogP contribution in [0.3, 0.4) is 0 Å². The fourth-order valence-electron chi connectivity index (χ4n) is 1.90. The van der Waals surface area contributed by atoms with Crippen molar-refractivity contribution in [3.63, 3.8) is 0 Å². The minimum atomic E-state index is -1.37. The number of nitrogens with zero attached hydrogens (tertiary/aromatic N) is 1. The zero-order valence-corrected chi connectivity index (χ0v) is 13.2. The van der Waals surface area contributed by atoms with Crippen molar-refractivity contribution < 1.29 is 24.5 Å². The minimum absolute atomic E-state index is 0.112. The van der Waals surface area contributed by atoms with Crippen molar-refractivity contribution in [2.45, 2.75) is 6.04 Å². The number of hydrogen-bond donors (Lipinski definition) is 2. The number of aliphatic hydroxyl groups is 1. The molecule has 1 atom stereocenters. The van der Waals surface area contributed by atoms with E-state index in [-0.39, 0.29) is 4.32 Å². The summed E-state index contributed by atoms with van der Waals surface area (Å²) in [6, 6.07) is 5.71. The number of thioether (sulfide) groups is 1. The molecule has 1 aromatic carbocycles. The van der Waals surface area contributed by atoms with Crippen molar-refractivity contribution in [1.82, 2.24) is 4.90 Å². The summed E-state index contributed by atoms with van der Waals surface area (Å²) >= 11 is 6.05. The van der Waals surface area contributed by atoms with Gasteiger partial charge >= 0.3 is 5.97 Å². The Morgan fingerprint density at radius 3 is 2.86 bits per heavy atom. The number of carbonyl (C=O) groups is 2. The second kappa shape index (κ2) is 6.91. The van der Waals surface area contributed by atoms with Gasteiger partial charge in [-0.15, -0.1) is 0 Å². The molecular weight excluding hydrogens is 326 g/mol. The predicted octanol–water partition coefficient (Wildman–Crippen LogP) is 1.34. The second-order valence-electron chi connectivity index (χ2n) is 4.36. The molecular formula is C14H13NO5S2. The molecule has 0 bridgehead atoms. The highest BCUT2D eigenvalue weighted by atomic mass is 32.2. The van der Waals surface area contributed by atoms with Gasteiger partial charge in [-0.2, -0.15) is 0 Å². The Kier molecular flexibility index (Phi) is 5.17. The zero-order valence-electron chi connectivity index (χ0n) is 11.6. The number of carbonyl (C=O) groups excluding carboxylic acids is 1. The Hall–Kier alpha value is -1.90. The fourth-order valence-corrected chi connectivity index (χ4v) is 3.26. The van der Waals surface area contributed by atoms with E-state index >= 15 is 0 Å². The SMILES string of the molecule is COc1cccc(/C=C2\SC(=S)N([C@@H](CO)C(=O)O)C2=O)c1. The van der Waals surface area contributed by atoms with Crippen LogP contribution in [0.1, 0.15) is 5.56 Å². The highest BCUT2D eigenvalue weighted by Gasteiger charge is 2.40. The van der Waals surface area contributed by atoms with Gasteiger partial charge in [-0.05, 0) is 23.8 Å². The molecule has 0 saturated carbocycles. The molecule has 2 rings (SSSR count). The molecule has 0 unspecified atom stereocenters. The Morgan fingerprint density at radius 2 is 2.27 bits per heavy atom. The van der Waals surface area contributed by atoms with E-state index in [1.54, 1.807) is 30.3 Å². The van der Waals surface area contributed by atoms with Crippen LogP contribution < -0.4 is 4.74 Å². The summed E-state index contributed by atoms with van der Waals surface area (Å²) in [5.74, 6) is -1.19. The molecule has 116 valence electrons. The van der Waals surface area contributed by atoms with E-state index in [0.717, 1.165) is 22.2 Å². The summed E-state index contributed by atoms with van der Waals surface area (Å²) in [4.78, 5) is 24.7. The molecule has 1 aromatic rings. The van der Waals surface area contributed by atoms with Crippen molar-refractivity contribution >= 4 is 46.3 Å². The topological polar surface area (TPSA) is 87.1 Å². The molecule has 2 N–H and O–H groups in total. The molecule has 0 aromatic heterocycles. The number of thiocarbonyl (C=S) groups is 1. The number of hydrogen-bond acceptors (Lipinski definition) is 6. The maximum atomic E-state index is 12.3. The number of methoxy groups -OCH3 is 1. The number of aliphatic carboxylic acids is 1. The number of carboxylic acid groups (broad SMARTS) is 1. The van der Waals surface area contributed by atoms with Crippen molar-refractivity contribution in [3.8, 4) is 5.75 Å². The number of carboxylic acids is 1. The van der Waals surface area contributed by atoms with E-state index in [1.165, 1.54) is 7.11 Å². The lowest BCUT2D eigenvalue weighted by atomic mass is 10.2. The molecule has 0 spiro atoms. The average molecular weight is 339 g/mol. The first-order valence-electron chi connectivity index (χ1n) is 6.22. The van der Waals surface area contributed by atoms with Crippen molar-refractivity contribution in [2.24, 2.45) is 0 Å². The first kappa shape index (κ1) is 16.5. The molecule has 1 fully saturated rings. The maximum Gasteiger partial charge on any atom is 0.329 e. The highest BCUT2D eigenvalue weighted by molar-refractivity contribution is 8.26. The van der Waals surface area contributed by atoms with Crippen LogP contribution >= 0.6 is 24.0 Å². The normalized spacial score (nSPS) is 17.9. The number of aliphatic hydroxyl groups excluding tert-OH is 1. The van der Waals surface area contributed by atoms with Crippen molar-refractivity contribution in [3.05, 3.63) is 34.7 Å². The first-order chi connectivity index (χ1) is 10.5. The van der Waals surface area contributed by atoms with Crippen LogP contribution in [0.5, 0.6) is 5.75 Å². The summed E-state index contributed by atoms with van der Waals surface area (Å²) in [7, 11) is 1.54. The van der Waals surface area contributed by atoms with Crippen LogP contribution in [0.15, 0.2) is 29.2 Å². The quantitative estimate of drug-likeness (QED) is 0.618. The Morgan fingerprint density at radius 1 is 1.55 bits per heavy atom. The van der Waals surface area contributed by atoms with E-state index in [9.17, 15) is 9.59 Å². The number of amides is 1. The predicted molar refractivity (Wildman–Crippen MR) is 86.5 cm³/mol. The molecule has 8 heteroatoms. The van der Waals surface area contributed by atoms with Crippen LogP contribution in [0.25, 0.3) is 6.08 Å². The molecule has 22 heavy (non-hydrogen) atoms. The van der Waals surface area contributed by atoms with Gasteiger partial charge in [-0.3, -0.25) is 9.69 Å². The third kappa shape index (κ3) is 3.29. The van der Waals surface area contributed by atoms with Gasteiger partial charge in [-0.25, -0.2) is 4.79 Å². The molecule has 1 saturated heterocycles. The van der Waals surface area contributed by atoms with Gasteiger partial charge in [0.2, 0.25) is 0 Å². The Labute approximate surface area is 136 Å². The van der Waals surface area contributed by atoms with Crippen LogP contribution in [-0.4, -0.2) is 51.1 Å². The van der Waals surface area contributed by atoms with E-state index < -0.39 is 24.5 Å². The summed E-state index contributed by atoms with van der Waals surface area (Å²) in [5.41, 5.74) is 0.732. The van der Waals surface area contributed by atoms with E-state index in [1.807, 2.05) is 0 Å². The van der Waals surface area contributed by atoms with Gasteiger partial charge in [0.05, 0.1) is 18.6 Å². The Bertz CT molecular complexity index is 658. The lowest BCUT2D eigenvalue weighted by molar-refractivity contribution is -0.146. The molecule has 1 heterocycles. The summed E-state index contributed by atoms with van der Waals surface area (Å²) in [6.45, 7) is -0.700. The van der Waals surface area contributed by atoms with Crippen LogP contribution in [0.2, 0.25) is 0 Å². The molecule has 0 radical (unpaired) electrons. The van der Waals surface area contributed by atoms with Gasteiger partial charge in [0.1, 0.15) is 10.1 Å². The third-order valence-corrected chi connectivity index (χ3v) is 4.32. The Balaban J connectivity index is 2.31. The molecule has 6 nitrogen and oxygen atoms in total. The van der Waals surface area contributed by atoms with Gasteiger partial charge < -0.3 is 14.9 Å². The minimum Gasteiger partial charge on any atom is -0.497 e. The molecule has 1 aliphatic heterocycles. The van der Waals surface area contributed by atoms with Gasteiger partial charge in [-0.1, -0.05) is 36.1 Å². The first-order valence-corrected chi connectivity index (χ1v) is 7.45. The number of benzene rings is 1. The van der Waals surface area contributed by atoms with Crippen LogP contribution in [-0.2, 0) is 9.59 Å². The van der Waals surface area contributed by atoms with Crippen LogP contribution in [0.4, 0.5) is 0 Å². The molecule has 0 aliphatic carbocycles. The standard InChI is InChI=1S/C14H13NO5S2/c1-20-9-4-2-3-8(5-9)6-11-12(17)15(14(21)22-11)10(7-16)13(18)19/h2-6,10,16H,7H2,1H3,(H,18,19)/b11-6-/t10-/m0/s1. The van der Waals surface area contributed by atoms with Gasteiger partial charge in [0, 0.05) is 0 Å². The molecule has 1 amide bonds. The second-order valence-corrected chi connectivity index (χ2v) is 6.04. The smallest absolute Gasteiger partial charge is 0.329 e. The van der Waals surface area contributed by atoms with Gasteiger partial charge in [0.25, 0.3) is 5.91 Å². The number of ether oxygens (including phenoxy) is 1. The van der Waals surface area contributed by atoms with E-state index in [0.29, 0.717) is 10.7 Å². The molecule has 1 aliphatic rings. The lowest BCUT2D eigenvalue weighted by Crippen LogP contribution is -2.46. The number of rotatable bonds is 5. The van der Waals surface area contributed by atoms with Crippen molar-refractivity contribution in [1.29, 1.82) is 0 Å². The van der Waals surface area contributed by atoms with Gasteiger partial charge in [0.15, 0.2) is 6.04 Å². The van der Waals surface area contributed by atoms with E-state index in [2.05, 4.69) is 0 Å². The highest BCUT2D eigenvalue weighted by Crippen LogP contribution is 2.34. The lowest BCUT2D eigenvalue weighted by Gasteiger charge is -2.20. The summed E-state index contributed by atoms with van der Waals surface area (Å²) in [5, 5.41) is 18.2. The third-order valence-electron chi connectivity index (χ3n) is 2.98. The van der Waals surface area contributed by atoms with E-state index in [4.69, 9.17) is 27.2 Å². The monoisotopic (exact) mass is 339 g/mol.